The molecule has 5 rings (SSSR count). The zero-order chi connectivity index (χ0) is 19.1. The van der Waals surface area contributed by atoms with Crippen molar-refractivity contribution in [2.24, 2.45) is 11.8 Å². The molecule has 1 fully saturated rings. The minimum absolute atomic E-state index is 0.606. The fourth-order valence-electron chi connectivity index (χ4n) is 4.82. The summed E-state index contributed by atoms with van der Waals surface area (Å²) in [6.07, 6.45) is 4.90. The van der Waals surface area contributed by atoms with Crippen molar-refractivity contribution in [1.82, 2.24) is 19.1 Å². The Bertz CT molecular complexity index is 1040. The topological polar surface area (TPSA) is 87.7 Å². The van der Waals surface area contributed by atoms with Gasteiger partial charge in [0.05, 0.1) is 22.1 Å². The van der Waals surface area contributed by atoms with Crippen molar-refractivity contribution in [3.05, 3.63) is 48.5 Å². The fourth-order valence-corrected chi connectivity index (χ4v) is 4.82. The van der Waals surface area contributed by atoms with E-state index in [1.807, 2.05) is 24.3 Å². The van der Waals surface area contributed by atoms with E-state index in [9.17, 15) is 0 Å². The molecule has 0 amide bonds. The van der Waals surface area contributed by atoms with Gasteiger partial charge in [-0.1, -0.05) is 30.7 Å². The van der Waals surface area contributed by atoms with E-state index in [1.54, 1.807) is 0 Å². The molecule has 28 heavy (non-hydrogen) atoms. The standard InChI is InChI=1S/C22H26N6/c23-21-25-17-8-1-3-10-19(17)27(21)13-15-6-5-7-16(12-15)14-28-20-11-4-2-9-18(20)26-22(28)24/h1-4,8-11,15-16H,5-7,12-14H2,(H2,23,25)(H2,24,26). The number of anilines is 2. The summed E-state index contributed by atoms with van der Waals surface area (Å²) in [5, 5.41) is 0. The van der Waals surface area contributed by atoms with Gasteiger partial charge in [0.1, 0.15) is 0 Å². The smallest absolute Gasteiger partial charge is 0.201 e. The van der Waals surface area contributed by atoms with Crippen LogP contribution in [0, 0.1) is 11.8 Å². The molecule has 1 saturated carbocycles. The third-order valence-corrected chi connectivity index (χ3v) is 6.14. The summed E-state index contributed by atoms with van der Waals surface area (Å²) in [6, 6.07) is 16.4. The molecule has 0 bridgehead atoms. The van der Waals surface area contributed by atoms with Gasteiger partial charge in [-0.25, -0.2) is 9.97 Å². The van der Waals surface area contributed by atoms with E-state index in [2.05, 4.69) is 43.4 Å². The van der Waals surface area contributed by atoms with Crippen LogP contribution in [0.5, 0.6) is 0 Å². The summed E-state index contributed by atoms with van der Waals surface area (Å²) >= 11 is 0. The second-order valence-electron chi connectivity index (χ2n) is 8.04. The molecule has 144 valence electrons. The molecule has 4 aromatic rings. The first-order chi connectivity index (χ1) is 13.7. The number of rotatable bonds is 4. The summed E-state index contributed by atoms with van der Waals surface area (Å²) in [4.78, 5) is 9.03. The number of para-hydroxylation sites is 4. The van der Waals surface area contributed by atoms with Gasteiger partial charge in [0.2, 0.25) is 11.9 Å². The molecule has 1 aliphatic carbocycles. The van der Waals surface area contributed by atoms with Crippen LogP contribution in [0.2, 0.25) is 0 Å². The highest BCUT2D eigenvalue weighted by molar-refractivity contribution is 5.78. The van der Waals surface area contributed by atoms with E-state index in [1.165, 1.54) is 25.7 Å². The number of nitrogen functional groups attached to an aromatic ring is 2. The lowest BCUT2D eigenvalue weighted by atomic mass is 9.81. The maximum Gasteiger partial charge on any atom is 0.201 e. The molecule has 2 heterocycles. The zero-order valence-corrected chi connectivity index (χ0v) is 16.0. The fraction of sp³-hybridized carbons (Fsp3) is 0.364. The molecule has 0 aliphatic heterocycles. The third kappa shape index (κ3) is 2.99. The van der Waals surface area contributed by atoms with Gasteiger partial charge < -0.3 is 20.6 Å². The largest absolute Gasteiger partial charge is 0.369 e. The van der Waals surface area contributed by atoms with E-state index in [4.69, 9.17) is 11.5 Å². The summed E-state index contributed by atoms with van der Waals surface area (Å²) in [5.41, 5.74) is 16.7. The van der Waals surface area contributed by atoms with Crippen LogP contribution < -0.4 is 11.5 Å². The monoisotopic (exact) mass is 374 g/mol. The summed E-state index contributed by atoms with van der Waals surface area (Å²) in [6.45, 7) is 1.87. The SMILES string of the molecule is Nc1nc2ccccc2n1CC1CCCC(Cn2c(N)nc3ccccc32)C1. The van der Waals surface area contributed by atoms with Crippen molar-refractivity contribution in [3.8, 4) is 0 Å². The van der Waals surface area contributed by atoms with Crippen molar-refractivity contribution in [1.29, 1.82) is 0 Å². The molecule has 6 heteroatoms. The highest BCUT2D eigenvalue weighted by Crippen LogP contribution is 2.34. The molecule has 0 radical (unpaired) electrons. The van der Waals surface area contributed by atoms with Crippen molar-refractivity contribution in [2.45, 2.75) is 38.8 Å². The lowest BCUT2D eigenvalue weighted by Crippen LogP contribution is -2.24. The van der Waals surface area contributed by atoms with Crippen LogP contribution in [0.3, 0.4) is 0 Å². The second kappa shape index (κ2) is 6.86. The minimum Gasteiger partial charge on any atom is -0.369 e. The van der Waals surface area contributed by atoms with Crippen LogP contribution in [-0.2, 0) is 13.1 Å². The van der Waals surface area contributed by atoms with Gasteiger partial charge in [-0.05, 0) is 55.4 Å². The van der Waals surface area contributed by atoms with E-state index in [0.717, 1.165) is 35.2 Å². The Morgan fingerprint density at radius 2 is 1.21 bits per heavy atom. The van der Waals surface area contributed by atoms with Crippen LogP contribution in [-0.4, -0.2) is 19.1 Å². The Hall–Kier alpha value is -3.02. The molecule has 2 aromatic carbocycles. The number of nitrogens with zero attached hydrogens (tertiary/aromatic N) is 4. The van der Waals surface area contributed by atoms with Crippen molar-refractivity contribution in [3.63, 3.8) is 0 Å². The lowest BCUT2D eigenvalue weighted by molar-refractivity contribution is 0.228. The van der Waals surface area contributed by atoms with Gasteiger partial charge in [-0.15, -0.1) is 0 Å². The van der Waals surface area contributed by atoms with Gasteiger partial charge in [0.15, 0.2) is 0 Å². The van der Waals surface area contributed by atoms with Crippen LogP contribution in [0.1, 0.15) is 25.7 Å². The molecule has 4 N–H and O–H groups in total. The molecule has 0 spiro atoms. The van der Waals surface area contributed by atoms with E-state index < -0.39 is 0 Å². The van der Waals surface area contributed by atoms with Crippen molar-refractivity contribution in [2.75, 3.05) is 11.5 Å². The van der Waals surface area contributed by atoms with Crippen LogP contribution in [0.25, 0.3) is 22.1 Å². The van der Waals surface area contributed by atoms with Crippen molar-refractivity contribution < 1.29 is 0 Å². The molecular weight excluding hydrogens is 348 g/mol. The molecular formula is C22H26N6. The molecule has 0 saturated heterocycles. The first-order valence-electron chi connectivity index (χ1n) is 10.1. The van der Waals surface area contributed by atoms with Crippen LogP contribution in [0.4, 0.5) is 11.9 Å². The number of benzene rings is 2. The second-order valence-corrected chi connectivity index (χ2v) is 8.04. The minimum atomic E-state index is 0.606. The average Bonchev–Trinajstić information content (AvgIpc) is 3.19. The summed E-state index contributed by atoms with van der Waals surface area (Å²) in [5.74, 6) is 2.45. The first kappa shape index (κ1) is 17.1. The maximum atomic E-state index is 6.22. The predicted molar refractivity (Wildman–Crippen MR) is 114 cm³/mol. The Labute approximate surface area is 164 Å². The predicted octanol–water partition coefficient (Wildman–Crippen LogP) is 4.06. The van der Waals surface area contributed by atoms with Crippen molar-refractivity contribution >= 4 is 34.0 Å². The number of aromatic nitrogens is 4. The van der Waals surface area contributed by atoms with Gasteiger partial charge in [0, 0.05) is 13.1 Å². The first-order valence-corrected chi connectivity index (χ1v) is 10.1. The summed E-state index contributed by atoms with van der Waals surface area (Å²) in [7, 11) is 0. The Balaban J connectivity index is 1.35. The van der Waals surface area contributed by atoms with Crippen LogP contribution in [0.15, 0.2) is 48.5 Å². The lowest BCUT2D eigenvalue weighted by Gasteiger charge is -2.30. The molecule has 1 aliphatic rings. The Morgan fingerprint density at radius 1 is 0.750 bits per heavy atom. The normalized spacial score (nSPS) is 20.1. The highest BCUT2D eigenvalue weighted by Gasteiger charge is 2.25. The van der Waals surface area contributed by atoms with Gasteiger partial charge in [0.25, 0.3) is 0 Å². The molecule has 2 aromatic heterocycles. The average molecular weight is 374 g/mol. The van der Waals surface area contributed by atoms with Crippen LogP contribution >= 0.6 is 0 Å². The number of hydrogen-bond donors (Lipinski definition) is 2. The van der Waals surface area contributed by atoms with Gasteiger partial charge >= 0.3 is 0 Å². The van der Waals surface area contributed by atoms with E-state index in [0.29, 0.717) is 23.7 Å². The zero-order valence-electron chi connectivity index (χ0n) is 16.0. The number of imidazole rings is 2. The Morgan fingerprint density at radius 3 is 1.71 bits per heavy atom. The third-order valence-electron chi connectivity index (χ3n) is 6.14. The number of hydrogen-bond acceptors (Lipinski definition) is 4. The highest BCUT2D eigenvalue weighted by atomic mass is 15.2. The van der Waals surface area contributed by atoms with Gasteiger partial charge in [-0.2, -0.15) is 0 Å². The number of fused-ring (bicyclic) bond motifs is 2. The van der Waals surface area contributed by atoms with E-state index >= 15 is 0 Å². The van der Waals surface area contributed by atoms with E-state index in [-0.39, 0.29) is 0 Å². The molecule has 2 atom stereocenters. The molecule has 6 nitrogen and oxygen atoms in total. The maximum absolute atomic E-state index is 6.22. The number of nitrogens with two attached hydrogens (primary N) is 2. The van der Waals surface area contributed by atoms with Gasteiger partial charge in [-0.3, -0.25) is 0 Å². The molecule has 2 unspecified atom stereocenters. The Kier molecular flexibility index (Phi) is 4.19. The quantitative estimate of drug-likeness (QED) is 0.564. The summed E-state index contributed by atoms with van der Waals surface area (Å²) < 4.78 is 4.37.